The zero-order valence-corrected chi connectivity index (χ0v) is 10.1. The van der Waals surface area contributed by atoms with Gasteiger partial charge in [-0.2, -0.15) is 0 Å². The highest BCUT2D eigenvalue weighted by Gasteiger charge is 2.17. The molecule has 98 valence electrons. The molecule has 1 aromatic heterocycles. The number of hydrogen-bond acceptors (Lipinski definition) is 3. The molecular formula is C12H17N3O3. The molecule has 1 fully saturated rings. The summed E-state index contributed by atoms with van der Waals surface area (Å²) in [4.78, 5) is 27.3. The van der Waals surface area contributed by atoms with E-state index in [0.29, 0.717) is 12.2 Å². The Balaban J connectivity index is 1.79. The number of likely N-dealkylation sites (tertiary alicyclic amines) is 1. The number of carbonyl (C=O) groups excluding carboxylic acids is 1. The normalized spacial score (nSPS) is 15.0. The van der Waals surface area contributed by atoms with Crippen molar-refractivity contribution in [2.45, 2.75) is 19.4 Å². The van der Waals surface area contributed by atoms with Crippen molar-refractivity contribution >= 4 is 11.9 Å². The molecule has 1 saturated heterocycles. The van der Waals surface area contributed by atoms with Crippen molar-refractivity contribution in [2.75, 3.05) is 19.6 Å². The van der Waals surface area contributed by atoms with Gasteiger partial charge in [-0.3, -0.25) is 4.79 Å². The molecule has 1 aliphatic heterocycles. The second-order valence-electron chi connectivity index (χ2n) is 4.37. The van der Waals surface area contributed by atoms with Gasteiger partial charge in [0, 0.05) is 31.5 Å². The van der Waals surface area contributed by atoms with Gasteiger partial charge in [-0.25, -0.2) is 4.79 Å². The molecule has 6 nitrogen and oxygen atoms in total. The van der Waals surface area contributed by atoms with Gasteiger partial charge in [-0.1, -0.05) is 0 Å². The zero-order chi connectivity index (χ0) is 13.0. The summed E-state index contributed by atoms with van der Waals surface area (Å²) in [5, 5.41) is 11.9. The second-order valence-corrected chi connectivity index (χ2v) is 4.37. The maximum absolute atomic E-state index is 11.7. The van der Waals surface area contributed by atoms with E-state index in [9.17, 15) is 9.59 Å². The molecule has 0 spiro atoms. The molecule has 0 radical (unpaired) electrons. The third-order valence-electron chi connectivity index (χ3n) is 3.10. The lowest BCUT2D eigenvalue weighted by molar-refractivity contribution is -0.129. The van der Waals surface area contributed by atoms with E-state index in [1.807, 2.05) is 4.90 Å². The molecule has 1 amide bonds. The van der Waals surface area contributed by atoms with E-state index in [4.69, 9.17) is 5.11 Å². The number of H-pyrrole nitrogens is 1. The van der Waals surface area contributed by atoms with E-state index in [2.05, 4.69) is 10.3 Å². The van der Waals surface area contributed by atoms with Crippen LogP contribution in [-0.2, 0) is 11.3 Å². The first-order valence-corrected chi connectivity index (χ1v) is 6.06. The lowest BCUT2D eigenvalue weighted by Crippen LogP contribution is -2.36. The summed E-state index contributed by atoms with van der Waals surface area (Å²) < 4.78 is 0. The SMILES string of the molecule is O=C(O)c1cc[nH]c1CNCC(=O)N1CCCC1. The fourth-order valence-corrected chi connectivity index (χ4v) is 2.12. The number of carboxylic acid groups (broad SMARTS) is 1. The van der Waals surface area contributed by atoms with E-state index < -0.39 is 5.97 Å². The van der Waals surface area contributed by atoms with Crippen LogP contribution in [-0.4, -0.2) is 46.5 Å². The monoisotopic (exact) mass is 251 g/mol. The van der Waals surface area contributed by atoms with Crippen LogP contribution in [0.5, 0.6) is 0 Å². The molecule has 0 aliphatic carbocycles. The maximum Gasteiger partial charge on any atom is 0.337 e. The largest absolute Gasteiger partial charge is 0.478 e. The first-order valence-electron chi connectivity index (χ1n) is 6.06. The summed E-state index contributed by atoms with van der Waals surface area (Å²) in [5.74, 6) is -0.880. The highest BCUT2D eigenvalue weighted by molar-refractivity contribution is 5.89. The summed E-state index contributed by atoms with van der Waals surface area (Å²) >= 11 is 0. The minimum Gasteiger partial charge on any atom is -0.478 e. The lowest BCUT2D eigenvalue weighted by atomic mass is 10.2. The molecule has 0 aromatic carbocycles. The number of aromatic carboxylic acids is 1. The van der Waals surface area contributed by atoms with Gasteiger partial charge in [0.25, 0.3) is 0 Å². The quantitative estimate of drug-likeness (QED) is 0.708. The average molecular weight is 251 g/mol. The van der Waals surface area contributed by atoms with Gasteiger partial charge < -0.3 is 20.3 Å². The van der Waals surface area contributed by atoms with Crippen LogP contribution < -0.4 is 5.32 Å². The van der Waals surface area contributed by atoms with Crippen LogP contribution in [0, 0.1) is 0 Å². The first-order chi connectivity index (χ1) is 8.68. The molecule has 1 aromatic rings. The molecule has 1 aliphatic rings. The predicted molar refractivity (Wildman–Crippen MR) is 65.3 cm³/mol. The number of carbonyl (C=O) groups is 2. The van der Waals surface area contributed by atoms with Crippen molar-refractivity contribution in [3.63, 3.8) is 0 Å². The minimum absolute atomic E-state index is 0.0796. The van der Waals surface area contributed by atoms with Gasteiger partial charge in [-0.15, -0.1) is 0 Å². The van der Waals surface area contributed by atoms with Gasteiger partial charge in [0.15, 0.2) is 0 Å². The third-order valence-corrected chi connectivity index (χ3v) is 3.10. The number of hydrogen-bond donors (Lipinski definition) is 3. The fraction of sp³-hybridized carbons (Fsp3) is 0.500. The Morgan fingerprint density at radius 2 is 2.11 bits per heavy atom. The highest BCUT2D eigenvalue weighted by Crippen LogP contribution is 2.08. The lowest BCUT2D eigenvalue weighted by Gasteiger charge is -2.15. The van der Waals surface area contributed by atoms with Crippen LogP contribution in [0.15, 0.2) is 12.3 Å². The van der Waals surface area contributed by atoms with Gasteiger partial charge in [-0.05, 0) is 18.9 Å². The van der Waals surface area contributed by atoms with E-state index in [1.165, 1.54) is 6.07 Å². The molecule has 3 N–H and O–H groups in total. The molecule has 6 heteroatoms. The average Bonchev–Trinajstić information content (AvgIpc) is 2.99. The van der Waals surface area contributed by atoms with Crippen LogP contribution in [0.25, 0.3) is 0 Å². The van der Waals surface area contributed by atoms with Crippen LogP contribution in [0.4, 0.5) is 0 Å². The summed E-state index contributed by atoms with van der Waals surface area (Å²) in [6.07, 6.45) is 3.74. The zero-order valence-electron chi connectivity index (χ0n) is 10.1. The molecule has 18 heavy (non-hydrogen) atoms. The number of aromatic nitrogens is 1. The van der Waals surface area contributed by atoms with Gasteiger partial charge in [0.05, 0.1) is 12.1 Å². The van der Waals surface area contributed by atoms with Crippen molar-refractivity contribution in [1.82, 2.24) is 15.2 Å². The van der Waals surface area contributed by atoms with E-state index in [-0.39, 0.29) is 18.0 Å². The fourth-order valence-electron chi connectivity index (χ4n) is 2.12. The summed E-state index contributed by atoms with van der Waals surface area (Å²) in [6.45, 7) is 2.28. The van der Waals surface area contributed by atoms with Crippen molar-refractivity contribution in [2.24, 2.45) is 0 Å². The standard InChI is InChI=1S/C12H17N3O3/c16-11(15-5-1-2-6-15)8-13-7-10-9(12(17)18)3-4-14-10/h3-4,13-14H,1-2,5-8H2,(H,17,18). The minimum atomic E-state index is -0.959. The summed E-state index contributed by atoms with van der Waals surface area (Å²) in [7, 11) is 0. The number of amides is 1. The molecule has 0 unspecified atom stereocenters. The first kappa shape index (κ1) is 12.6. The van der Waals surface area contributed by atoms with E-state index in [0.717, 1.165) is 25.9 Å². The molecule has 0 saturated carbocycles. The Labute approximate surface area is 105 Å². The summed E-state index contributed by atoms with van der Waals surface area (Å²) in [5.41, 5.74) is 0.841. The molecule has 2 heterocycles. The third kappa shape index (κ3) is 2.89. The Bertz CT molecular complexity index is 436. The van der Waals surface area contributed by atoms with Crippen molar-refractivity contribution in [1.29, 1.82) is 0 Å². The molecular weight excluding hydrogens is 234 g/mol. The molecule has 0 atom stereocenters. The van der Waals surface area contributed by atoms with Crippen LogP contribution in [0.2, 0.25) is 0 Å². The Hall–Kier alpha value is -1.82. The maximum atomic E-state index is 11.7. The van der Waals surface area contributed by atoms with Crippen molar-refractivity contribution < 1.29 is 14.7 Å². The predicted octanol–water partition coefficient (Wildman–Crippen LogP) is 0.425. The van der Waals surface area contributed by atoms with Crippen LogP contribution >= 0.6 is 0 Å². The number of nitrogens with one attached hydrogen (secondary N) is 2. The van der Waals surface area contributed by atoms with E-state index in [1.54, 1.807) is 6.20 Å². The Morgan fingerprint density at radius 1 is 1.39 bits per heavy atom. The van der Waals surface area contributed by atoms with Gasteiger partial charge in [0.1, 0.15) is 0 Å². The van der Waals surface area contributed by atoms with Crippen LogP contribution in [0.3, 0.4) is 0 Å². The van der Waals surface area contributed by atoms with Crippen molar-refractivity contribution in [3.05, 3.63) is 23.5 Å². The van der Waals surface area contributed by atoms with Gasteiger partial charge in [0.2, 0.25) is 5.91 Å². The Morgan fingerprint density at radius 3 is 2.78 bits per heavy atom. The Kier molecular flexibility index (Phi) is 3.99. The van der Waals surface area contributed by atoms with Crippen molar-refractivity contribution in [3.8, 4) is 0 Å². The molecule has 0 bridgehead atoms. The number of aromatic amines is 1. The summed E-state index contributed by atoms with van der Waals surface area (Å²) in [6, 6.07) is 1.52. The molecule has 2 rings (SSSR count). The second kappa shape index (κ2) is 5.68. The number of nitrogens with zero attached hydrogens (tertiary/aromatic N) is 1. The van der Waals surface area contributed by atoms with Gasteiger partial charge >= 0.3 is 5.97 Å². The topological polar surface area (TPSA) is 85.4 Å². The van der Waals surface area contributed by atoms with Crippen LogP contribution in [0.1, 0.15) is 28.9 Å². The van der Waals surface area contributed by atoms with E-state index >= 15 is 0 Å². The number of carboxylic acids is 1. The highest BCUT2D eigenvalue weighted by atomic mass is 16.4. The smallest absolute Gasteiger partial charge is 0.337 e. The number of rotatable bonds is 5.